The van der Waals surface area contributed by atoms with Gasteiger partial charge in [0, 0.05) is 0 Å². The van der Waals surface area contributed by atoms with Crippen LogP contribution in [0.5, 0.6) is 5.75 Å². The summed E-state index contributed by atoms with van der Waals surface area (Å²) in [5.74, 6) is -0.625. The van der Waals surface area contributed by atoms with Crippen LogP contribution in [0.4, 0.5) is 18.9 Å². The number of alkyl halides is 3. The molecule has 0 aromatic heterocycles. The van der Waals surface area contributed by atoms with Crippen molar-refractivity contribution in [3.63, 3.8) is 0 Å². The van der Waals surface area contributed by atoms with Crippen molar-refractivity contribution in [2.45, 2.75) is 11.1 Å². The minimum absolute atomic E-state index is 0.0931. The predicted octanol–water partition coefficient (Wildman–Crippen LogP) is 2.57. The molecule has 6 nitrogen and oxygen atoms in total. The van der Waals surface area contributed by atoms with E-state index in [1.54, 1.807) is 11.4 Å². The zero-order valence-corrected chi connectivity index (χ0v) is 15.0. The van der Waals surface area contributed by atoms with Crippen LogP contribution in [0, 0.1) is 0 Å². The Hall–Kier alpha value is -2.75. The van der Waals surface area contributed by atoms with E-state index in [2.05, 4.69) is 0 Å². The average Bonchev–Trinajstić information content (AvgIpc) is 2.64. The largest absolute Gasteiger partial charge is 0.497 e. The molecule has 0 saturated carbocycles. The van der Waals surface area contributed by atoms with Crippen molar-refractivity contribution < 1.29 is 31.1 Å². The van der Waals surface area contributed by atoms with Gasteiger partial charge >= 0.3 is 6.18 Å². The second-order valence-electron chi connectivity index (χ2n) is 5.41. The first kappa shape index (κ1) is 20.6. The van der Waals surface area contributed by atoms with Crippen LogP contribution in [0.2, 0.25) is 0 Å². The smallest absolute Gasteiger partial charge is 0.405 e. The number of benzene rings is 2. The Labute approximate surface area is 154 Å². The van der Waals surface area contributed by atoms with Gasteiger partial charge in [-0.05, 0) is 36.4 Å². The van der Waals surface area contributed by atoms with Crippen molar-refractivity contribution in [1.29, 1.82) is 0 Å². The third-order valence-electron chi connectivity index (χ3n) is 3.46. The van der Waals surface area contributed by atoms with E-state index in [9.17, 15) is 26.4 Å². The number of halogens is 3. The van der Waals surface area contributed by atoms with Gasteiger partial charge < -0.3 is 10.1 Å². The second-order valence-corrected chi connectivity index (χ2v) is 7.28. The third kappa shape index (κ3) is 5.61. The highest BCUT2D eigenvalue weighted by molar-refractivity contribution is 7.92. The fourth-order valence-electron chi connectivity index (χ4n) is 2.17. The zero-order valence-electron chi connectivity index (χ0n) is 14.2. The van der Waals surface area contributed by atoms with Crippen molar-refractivity contribution in [1.82, 2.24) is 5.32 Å². The fourth-order valence-corrected chi connectivity index (χ4v) is 3.61. The lowest BCUT2D eigenvalue weighted by Gasteiger charge is -2.24. The van der Waals surface area contributed by atoms with Crippen LogP contribution in [0.3, 0.4) is 0 Å². The monoisotopic (exact) mass is 402 g/mol. The summed E-state index contributed by atoms with van der Waals surface area (Å²) in [6, 6.07) is 13.1. The van der Waals surface area contributed by atoms with Crippen molar-refractivity contribution in [3.05, 3.63) is 54.6 Å². The molecule has 0 aliphatic rings. The number of nitrogens with zero attached hydrogens (tertiary/aromatic N) is 1. The zero-order chi connectivity index (χ0) is 20.1. The molecule has 1 N–H and O–H groups in total. The molecule has 2 aromatic carbocycles. The first-order valence-corrected chi connectivity index (χ1v) is 9.13. The standard InChI is InChI=1S/C17H17F3N2O4S/c1-26-14-9-7-13(8-10-14)22(11-16(23)21-12-17(18,19)20)27(24,25)15-5-3-2-4-6-15/h2-10H,11-12H2,1H3,(H,21,23). The first-order valence-electron chi connectivity index (χ1n) is 7.69. The molecule has 0 radical (unpaired) electrons. The van der Waals surface area contributed by atoms with E-state index in [4.69, 9.17) is 4.74 Å². The number of carbonyl (C=O) groups is 1. The molecule has 146 valence electrons. The molecule has 2 rings (SSSR count). The minimum atomic E-state index is -4.60. The van der Waals surface area contributed by atoms with Gasteiger partial charge in [-0.15, -0.1) is 0 Å². The Kier molecular flexibility index (Phi) is 6.32. The van der Waals surface area contributed by atoms with Gasteiger partial charge in [-0.2, -0.15) is 13.2 Å². The van der Waals surface area contributed by atoms with Crippen LogP contribution in [-0.4, -0.2) is 40.7 Å². The number of sulfonamides is 1. The van der Waals surface area contributed by atoms with Crippen molar-refractivity contribution >= 4 is 21.6 Å². The van der Waals surface area contributed by atoms with Gasteiger partial charge in [-0.1, -0.05) is 18.2 Å². The normalized spacial score (nSPS) is 11.7. The molecule has 0 fully saturated rings. The number of methoxy groups -OCH3 is 1. The van der Waals surface area contributed by atoms with Gasteiger partial charge in [0.2, 0.25) is 5.91 Å². The van der Waals surface area contributed by atoms with Crippen LogP contribution in [-0.2, 0) is 14.8 Å². The molecule has 2 aromatic rings. The minimum Gasteiger partial charge on any atom is -0.497 e. The molecule has 0 heterocycles. The molecule has 0 spiro atoms. The van der Waals surface area contributed by atoms with E-state index < -0.39 is 35.2 Å². The van der Waals surface area contributed by atoms with Crippen LogP contribution in [0.15, 0.2) is 59.5 Å². The summed E-state index contributed by atoms with van der Waals surface area (Å²) in [6.07, 6.45) is -4.60. The summed E-state index contributed by atoms with van der Waals surface area (Å²) < 4.78 is 68.5. The molecular weight excluding hydrogens is 385 g/mol. The highest BCUT2D eigenvalue weighted by Crippen LogP contribution is 2.25. The van der Waals surface area contributed by atoms with Crippen LogP contribution < -0.4 is 14.4 Å². The number of hydrogen-bond donors (Lipinski definition) is 1. The van der Waals surface area contributed by atoms with E-state index in [0.29, 0.717) is 5.75 Å². The van der Waals surface area contributed by atoms with Crippen molar-refractivity contribution in [2.75, 3.05) is 24.5 Å². The van der Waals surface area contributed by atoms with E-state index in [-0.39, 0.29) is 10.6 Å². The Bertz CT molecular complexity index is 869. The lowest BCUT2D eigenvalue weighted by Crippen LogP contribution is -2.43. The summed E-state index contributed by atoms with van der Waals surface area (Å²) in [7, 11) is -2.74. The molecule has 1 amide bonds. The number of ether oxygens (including phenoxy) is 1. The lowest BCUT2D eigenvalue weighted by molar-refractivity contribution is -0.137. The highest BCUT2D eigenvalue weighted by atomic mass is 32.2. The Morgan fingerprint density at radius 3 is 2.19 bits per heavy atom. The molecule has 0 saturated heterocycles. The Morgan fingerprint density at radius 1 is 1.07 bits per heavy atom. The first-order chi connectivity index (χ1) is 12.6. The predicted molar refractivity (Wildman–Crippen MR) is 93.0 cm³/mol. The molecule has 0 aliphatic heterocycles. The maximum absolute atomic E-state index is 12.9. The number of anilines is 1. The van der Waals surface area contributed by atoms with Crippen LogP contribution >= 0.6 is 0 Å². The summed E-state index contributed by atoms with van der Waals surface area (Å²) in [4.78, 5) is 11.8. The summed E-state index contributed by atoms with van der Waals surface area (Å²) in [6.45, 7) is -2.35. The van der Waals surface area contributed by atoms with Gasteiger partial charge in [-0.3, -0.25) is 9.10 Å². The lowest BCUT2D eigenvalue weighted by atomic mass is 10.3. The summed E-state index contributed by atoms with van der Waals surface area (Å²) >= 11 is 0. The Morgan fingerprint density at radius 2 is 1.67 bits per heavy atom. The Balaban J connectivity index is 2.35. The van der Waals surface area contributed by atoms with E-state index in [1.165, 1.54) is 55.6 Å². The maximum Gasteiger partial charge on any atom is 0.405 e. The molecule has 10 heteroatoms. The molecule has 0 unspecified atom stereocenters. The topological polar surface area (TPSA) is 75.7 Å². The maximum atomic E-state index is 12.9. The number of carbonyl (C=O) groups excluding carboxylic acids is 1. The van der Waals surface area contributed by atoms with Crippen LogP contribution in [0.1, 0.15) is 0 Å². The highest BCUT2D eigenvalue weighted by Gasteiger charge is 2.30. The molecular formula is C17H17F3N2O4S. The van der Waals surface area contributed by atoms with E-state index >= 15 is 0 Å². The molecule has 27 heavy (non-hydrogen) atoms. The number of amides is 1. The number of rotatable bonds is 7. The quantitative estimate of drug-likeness (QED) is 0.773. The third-order valence-corrected chi connectivity index (χ3v) is 5.25. The van der Waals surface area contributed by atoms with Gasteiger partial charge in [0.1, 0.15) is 18.8 Å². The van der Waals surface area contributed by atoms with Crippen LogP contribution in [0.25, 0.3) is 0 Å². The fraction of sp³-hybridized carbons (Fsp3) is 0.235. The van der Waals surface area contributed by atoms with Crippen molar-refractivity contribution in [2.24, 2.45) is 0 Å². The van der Waals surface area contributed by atoms with Gasteiger partial charge in [0.25, 0.3) is 10.0 Å². The summed E-state index contributed by atoms with van der Waals surface area (Å²) in [5, 5.41) is 1.67. The van der Waals surface area contributed by atoms with E-state index in [0.717, 1.165) is 4.31 Å². The molecule has 0 atom stereocenters. The van der Waals surface area contributed by atoms with Gasteiger partial charge in [-0.25, -0.2) is 8.42 Å². The number of nitrogens with one attached hydrogen (secondary N) is 1. The second kappa shape index (κ2) is 8.30. The summed E-state index contributed by atoms with van der Waals surface area (Å²) in [5.41, 5.74) is 0.113. The molecule has 0 bridgehead atoms. The average molecular weight is 402 g/mol. The molecule has 0 aliphatic carbocycles. The van der Waals surface area contributed by atoms with Gasteiger partial charge in [0.05, 0.1) is 17.7 Å². The SMILES string of the molecule is COc1ccc(N(CC(=O)NCC(F)(F)F)S(=O)(=O)c2ccccc2)cc1. The van der Waals surface area contributed by atoms with Crippen molar-refractivity contribution in [3.8, 4) is 5.75 Å². The van der Waals surface area contributed by atoms with Gasteiger partial charge in [0.15, 0.2) is 0 Å². The number of hydrogen-bond acceptors (Lipinski definition) is 4. The van der Waals surface area contributed by atoms with E-state index in [1.807, 2.05) is 0 Å².